The second-order valence-electron chi connectivity index (χ2n) is 10.3. The van der Waals surface area contributed by atoms with E-state index in [0.29, 0.717) is 0 Å². The van der Waals surface area contributed by atoms with Gasteiger partial charge < -0.3 is 19.1 Å². The van der Waals surface area contributed by atoms with Gasteiger partial charge in [-0.05, 0) is 72.1 Å². The van der Waals surface area contributed by atoms with E-state index in [1.807, 2.05) is 0 Å². The first-order chi connectivity index (χ1) is 37.3. The summed E-state index contributed by atoms with van der Waals surface area (Å²) in [5.74, 6) is -7.48. The van der Waals surface area contributed by atoms with Crippen molar-refractivity contribution < 1.29 is 72.6 Å². The fraction of sp³-hybridized carbons (Fsp3) is 0.317. The molecule has 6 nitrogen and oxygen atoms in total. The molecule has 2 heterocycles. The van der Waals surface area contributed by atoms with Gasteiger partial charge >= 0.3 is 6.18 Å². The molecular weight excluding hydrogens is 710 g/mol. The van der Waals surface area contributed by atoms with E-state index in [-0.39, 0.29) is 0 Å². The third-order valence-electron chi connectivity index (χ3n) is 6.80. The van der Waals surface area contributed by atoms with Crippen LogP contribution >= 0.6 is 11.8 Å². The van der Waals surface area contributed by atoms with Crippen molar-refractivity contribution >= 4 is 28.6 Å². The van der Waals surface area contributed by atoms with E-state index in [0.717, 1.165) is 14.0 Å². The number of carbonyl (C=O) groups is 1. The lowest BCUT2D eigenvalue weighted by molar-refractivity contribution is -0.137. The van der Waals surface area contributed by atoms with Crippen LogP contribution in [-0.4, -0.2) is 59.5 Å². The summed E-state index contributed by atoms with van der Waals surface area (Å²) >= 11 is -0.827. The van der Waals surface area contributed by atoms with Crippen molar-refractivity contribution in [3.63, 3.8) is 0 Å². The van der Waals surface area contributed by atoms with Gasteiger partial charge in [0.05, 0.1) is 47.4 Å². The Balaban J connectivity index is 1.83. The lowest BCUT2D eigenvalue weighted by atomic mass is 9.97. The van der Waals surface area contributed by atoms with Gasteiger partial charge in [-0.25, -0.2) is 8.78 Å². The highest BCUT2D eigenvalue weighted by Crippen LogP contribution is 2.32. The maximum Gasteiger partial charge on any atom is 0.416 e. The maximum atomic E-state index is 16.0. The smallest absolute Gasteiger partial charge is 0.383 e. The van der Waals surface area contributed by atoms with Crippen LogP contribution in [0.2, 0.25) is 0 Å². The molecule has 0 spiro atoms. The van der Waals surface area contributed by atoms with Gasteiger partial charge in [-0.1, -0.05) is 54.4 Å². The number of halogens is 5. The highest BCUT2D eigenvalue weighted by molar-refractivity contribution is 7.98. The number of carbonyl (C=O) groups excluding carboxylic acids is 1. The summed E-state index contributed by atoms with van der Waals surface area (Å²) < 4.78 is 342. The quantitative estimate of drug-likeness (QED) is 0.0938. The Morgan fingerprint density at radius 3 is 2.43 bits per heavy atom. The summed E-state index contributed by atoms with van der Waals surface area (Å²) in [5, 5.41) is -3.21. The van der Waals surface area contributed by atoms with E-state index in [1.165, 1.54) is 0 Å². The number of ether oxygens (including phenoxy) is 1. The van der Waals surface area contributed by atoms with Crippen LogP contribution in [0.3, 0.4) is 0 Å². The number of fused-ring (bicyclic) bond motifs is 1. The summed E-state index contributed by atoms with van der Waals surface area (Å²) in [6.45, 7) is -20.3. The van der Waals surface area contributed by atoms with Crippen molar-refractivity contribution in [2.24, 2.45) is 0 Å². The van der Waals surface area contributed by atoms with Gasteiger partial charge in [0.25, 0.3) is 0 Å². The van der Waals surface area contributed by atoms with Crippen LogP contribution in [0, 0.1) is 18.6 Å². The zero-order chi connectivity index (χ0) is 64.2. The summed E-state index contributed by atoms with van der Waals surface area (Å²) in [6.07, 6.45) is -15.1. The molecule has 0 unspecified atom stereocenters. The molecule has 0 saturated carbocycles. The maximum absolute atomic E-state index is 16.0. The Bertz CT molecular complexity index is 3560. The number of methoxy groups -OCH3 is 1. The Labute approximate surface area is 351 Å². The number of pyridine rings is 1. The molecule has 0 bridgehead atoms. The van der Waals surface area contributed by atoms with Crippen molar-refractivity contribution in [1.82, 2.24) is 14.4 Å². The fourth-order valence-corrected chi connectivity index (χ4v) is 4.96. The van der Waals surface area contributed by atoms with Crippen LogP contribution in [0.25, 0.3) is 22.0 Å². The summed E-state index contributed by atoms with van der Waals surface area (Å²) in [6, 6.07) is -28.1. The second kappa shape index (κ2) is 16.7. The van der Waals surface area contributed by atoms with E-state index >= 15 is 13.6 Å². The molecule has 278 valence electrons. The van der Waals surface area contributed by atoms with Gasteiger partial charge in [0, 0.05) is 78.3 Å². The lowest BCUT2D eigenvalue weighted by Crippen LogP contribution is -2.48. The topological polar surface area (TPSA) is 54.8 Å². The zero-order valence-electron chi connectivity index (χ0n) is 56.8. The minimum Gasteiger partial charge on any atom is -0.383 e. The average Bonchev–Trinajstić information content (AvgIpc) is 0.850. The predicted molar refractivity (Wildman–Crippen MR) is 198 cm³/mol. The summed E-state index contributed by atoms with van der Waals surface area (Å²) in [7, 11) is 0.785. The Kier molecular flexibility index (Phi) is 4.93. The highest BCUT2D eigenvalue weighted by Gasteiger charge is 2.31. The molecule has 1 fully saturated rings. The highest BCUT2D eigenvalue weighted by atomic mass is 32.2. The number of hydrogen-bond acceptors (Lipinski definition) is 5. The normalized spacial score (nSPS) is 27.5. The minimum atomic E-state index is -5.54. The fourth-order valence-electron chi connectivity index (χ4n) is 4.25. The molecular formula is C41H40F5N3O3S. The first-order valence-corrected chi connectivity index (χ1v) is 15.3. The number of amides is 1. The SMILES string of the molecule is [2H]c1c([2H])c(F)c(F)c(C([2H])([2H])Sc2c([2H])c(=O)c3c([2H])c([2H])c([2H])c([2H])c3n2C([2H])([2H])C(=O)N(Cc2c([2H])c([2H])c(-c3c([2H])c([2H])c(C(F)(F)F)c([2H])c3[2H])c([2H])c2C)C2([2H])C([2H])([2H])C([2H])([2H])N(C([2H])([2H])COC)C([2H])([2H])C2([2H])[2H])c1[2H]. The number of piperidine rings is 1. The van der Waals surface area contributed by atoms with E-state index in [9.17, 15) is 27.6 Å². The van der Waals surface area contributed by atoms with Crippen molar-refractivity contribution in [3.8, 4) is 11.1 Å². The molecule has 1 aliphatic rings. The molecule has 5 aromatic rings. The van der Waals surface area contributed by atoms with Crippen molar-refractivity contribution in [2.75, 3.05) is 33.2 Å². The van der Waals surface area contributed by atoms with Crippen LogP contribution in [0.5, 0.6) is 0 Å². The molecule has 0 atom stereocenters. The van der Waals surface area contributed by atoms with Crippen LogP contribution < -0.4 is 5.43 Å². The number of thioether (sulfide) groups is 1. The Morgan fingerprint density at radius 2 is 1.72 bits per heavy atom. The van der Waals surface area contributed by atoms with Gasteiger partial charge in [-0.15, -0.1) is 11.8 Å². The average molecular weight is 780 g/mol. The number of rotatable bonds is 12. The van der Waals surface area contributed by atoms with E-state index in [4.69, 9.17) is 36.3 Å². The van der Waals surface area contributed by atoms with Gasteiger partial charge in [-0.3, -0.25) is 9.59 Å². The van der Waals surface area contributed by atoms with Crippen LogP contribution in [0.4, 0.5) is 22.0 Å². The molecule has 53 heavy (non-hydrogen) atoms. The number of hydrogen-bond donors (Lipinski definition) is 0. The van der Waals surface area contributed by atoms with Crippen LogP contribution in [-0.2, 0) is 34.5 Å². The van der Waals surface area contributed by atoms with Crippen molar-refractivity contribution in [3.05, 3.63) is 135 Å². The van der Waals surface area contributed by atoms with Crippen molar-refractivity contribution in [2.45, 2.75) is 55.6 Å². The monoisotopic (exact) mass is 779 g/mol. The molecule has 12 heteroatoms. The van der Waals surface area contributed by atoms with Gasteiger partial charge in [0.1, 0.15) is 6.50 Å². The van der Waals surface area contributed by atoms with Crippen molar-refractivity contribution in [1.29, 1.82) is 0 Å². The summed E-state index contributed by atoms with van der Waals surface area (Å²) in [5.41, 5.74) is -15.9. The molecule has 0 radical (unpaired) electrons. The molecule has 1 amide bonds. The molecule has 1 saturated heterocycles. The van der Waals surface area contributed by atoms with E-state index in [2.05, 4.69) is 0 Å². The third-order valence-corrected chi connectivity index (χ3v) is 7.59. The molecule has 1 aromatic heterocycles. The molecule has 1 aliphatic heterocycles. The summed E-state index contributed by atoms with van der Waals surface area (Å²) in [4.78, 5) is 28.7. The number of benzene rings is 4. The Morgan fingerprint density at radius 1 is 1.00 bits per heavy atom. The van der Waals surface area contributed by atoms with E-state index < -0.39 is 259 Å². The number of nitrogens with zero attached hydrogens (tertiary/aromatic N) is 3. The van der Waals surface area contributed by atoms with Crippen LogP contribution in [0.15, 0.2) is 100 Å². The predicted octanol–water partition coefficient (Wildman–Crippen LogP) is 8.71. The molecule has 6 rings (SSSR count). The number of aromatic nitrogens is 1. The molecule has 4 aromatic carbocycles. The number of likely N-dealkylation sites (tertiary alicyclic amines) is 1. The molecule has 0 N–H and O–H groups in total. The number of para-hydroxylation sites is 1. The first-order valence-electron chi connectivity index (χ1n) is 29.5. The van der Waals surface area contributed by atoms with Gasteiger partial charge in [-0.2, -0.15) is 13.2 Å². The number of alkyl halides is 3. The van der Waals surface area contributed by atoms with Gasteiger partial charge in [0.2, 0.25) is 5.91 Å². The largest absolute Gasteiger partial charge is 0.416 e. The first kappa shape index (κ1) is 15.7. The zero-order valence-corrected chi connectivity index (χ0v) is 27.6. The second-order valence-corrected chi connectivity index (χ2v) is 11.0. The minimum absolute atomic E-state index is 0.458. The molecule has 0 aliphatic carbocycles. The van der Waals surface area contributed by atoms with E-state index in [1.54, 1.807) is 0 Å². The lowest BCUT2D eigenvalue weighted by Gasteiger charge is -2.39. The standard InChI is InChI=1S/C41H40F5N3O3S/c1-27-22-29(28-12-14-32(15-13-28)41(44,45)46)10-11-30(27)24-48(33-16-18-47(19-17-33)20-21-52-2)38(51)25-49-36-9-4-3-7-34(36)37(50)23-39(49)53-26-31-6-5-8-35(42)40(31)43/h3-15,22-23,33H,16-21,24-26H2,1-2H3/i3D,4D,5D,6D,7D,8D,9D,10D,11D,12D,13D,14D,15D,16D2,17D2,18D2,19D2,20D2,22D,23D,25D2,26D2,33D. The van der Waals surface area contributed by atoms with Gasteiger partial charge in [0.15, 0.2) is 17.1 Å². The Hall–Kier alpha value is -4.52. The van der Waals surface area contributed by atoms with Crippen LogP contribution in [0.1, 0.15) is 76.1 Å². The third kappa shape index (κ3) is 9.00.